The molecule has 8 nitrogen and oxygen atoms in total. The van der Waals surface area contributed by atoms with Crippen LogP contribution in [-0.4, -0.2) is 65.0 Å². The van der Waals surface area contributed by atoms with E-state index in [9.17, 15) is 4.79 Å². The Bertz CT molecular complexity index is 1040. The molecule has 0 aliphatic carbocycles. The van der Waals surface area contributed by atoms with E-state index in [1.807, 2.05) is 19.1 Å². The number of hydrogen-bond acceptors (Lipinski definition) is 6. The van der Waals surface area contributed by atoms with Gasteiger partial charge < -0.3 is 14.8 Å². The number of aryl methyl sites for hydroxylation is 2. The number of benzene rings is 1. The lowest BCUT2D eigenvalue weighted by Gasteiger charge is -2.26. The molecule has 0 unspecified atom stereocenters. The average Bonchev–Trinajstić information content (AvgIpc) is 3.04. The van der Waals surface area contributed by atoms with E-state index < -0.39 is 0 Å². The molecule has 0 spiro atoms. The second-order valence-corrected chi connectivity index (χ2v) is 7.55. The van der Waals surface area contributed by atoms with E-state index in [2.05, 4.69) is 20.3 Å². The zero-order chi connectivity index (χ0) is 21.1. The van der Waals surface area contributed by atoms with Crippen LogP contribution in [0.25, 0.3) is 11.0 Å². The Morgan fingerprint density at radius 1 is 1.27 bits per heavy atom. The van der Waals surface area contributed by atoms with Crippen LogP contribution < -0.4 is 10.1 Å². The van der Waals surface area contributed by atoms with Gasteiger partial charge in [-0.3, -0.25) is 14.4 Å². The van der Waals surface area contributed by atoms with Crippen molar-refractivity contribution >= 4 is 34.2 Å². The van der Waals surface area contributed by atoms with Crippen LogP contribution in [0.1, 0.15) is 16.1 Å². The standard InChI is InChI=1S/C21H24ClN5O3/c1-14-18-19(22)17(13-23-20(18)26(2)25-14)21(28)24-15-3-5-16(6-4-15)30-12-9-27-7-10-29-11-8-27/h3-6,13H,7-12H2,1-2H3,(H,24,28). The lowest BCUT2D eigenvalue weighted by Crippen LogP contribution is -2.38. The molecule has 0 atom stereocenters. The molecule has 1 fully saturated rings. The van der Waals surface area contributed by atoms with Gasteiger partial charge in [-0.15, -0.1) is 0 Å². The van der Waals surface area contributed by atoms with Crippen LogP contribution in [0, 0.1) is 6.92 Å². The number of ether oxygens (including phenoxy) is 2. The maximum Gasteiger partial charge on any atom is 0.258 e. The Hall–Kier alpha value is -2.68. The number of halogens is 1. The van der Waals surface area contributed by atoms with Crippen LogP contribution >= 0.6 is 11.6 Å². The number of nitrogens with zero attached hydrogens (tertiary/aromatic N) is 4. The molecule has 0 radical (unpaired) electrons. The number of carbonyl (C=O) groups is 1. The van der Waals surface area contributed by atoms with Gasteiger partial charge in [-0.05, 0) is 31.2 Å². The number of amides is 1. The zero-order valence-corrected chi connectivity index (χ0v) is 17.8. The van der Waals surface area contributed by atoms with E-state index in [1.165, 1.54) is 6.20 Å². The first-order chi connectivity index (χ1) is 14.5. The third-order valence-corrected chi connectivity index (χ3v) is 5.49. The first kappa shape index (κ1) is 20.6. The number of anilines is 1. The molecule has 0 bridgehead atoms. The van der Waals surface area contributed by atoms with Crippen molar-refractivity contribution < 1.29 is 14.3 Å². The van der Waals surface area contributed by atoms with Crippen molar-refractivity contribution in [3.8, 4) is 5.75 Å². The maximum atomic E-state index is 12.7. The Balaban J connectivity index is 1.37. The zero-order valence-electron chi connectivity index (χ0n) is 17.0. The summed E-state index contributed by atoms with van der Waals surface area (Å²) < 4.78 is 12.8. The number of fused-ring (bicyclic) bond motifs is 1. The van der Waals surface area contributed by atoms with Gasteiger partial charge in [0.05, 0.1) is 34.9 Å². The third-order valence-electron chi connectivity index (χ3n) is 5.10. The molecular weight excluding hydrogens is 406 g/mol. The highest BCUT2D eigenvalue weighted by Gasteiger charge is 2.18. The van der Waals surface area contributed by atoms with E-state index in [0.29, 0.717) is 33.9 Å². The van der Waals surface area contributed by atoms with Crippen molar-refractivity contribution in [2.45, 2.75) is 6.92 Å². The quantitative estimate of drug-likeness (QED) is 0.648. The molecule has 3 aromatic rings. The number of aromatic nitrogens is 3. The van der Waals surface area contributed by atoms with Gasteiger partial charge in [0.2, 0.25) is 0 Å². The number of pyridine rings is 1. The van der Waals surface area contributed by atoms with Gasteiger partial charge in [-0.1, -0.05) is 11.6 Å². The highest BCUT2D eigenvalue weighted by atomic mass is 35.5. The molecule has 1 N–H and O–H groups in total. The fourth-order valence-corrected chi connectivity index (χ4v) is 3.83. The van der Waals surface area contributed by atoms with Crippen molar-refractivity contribution in [2.24, 2.45) is 7.05 Å². The van der Waals surface area contributed by atoms with Gasteiger partial charge in [0.25, 0.3) is 5.91 Å². The molecule has 30 heavy (non-hydrogen) atoms. The highest BCUT2D eigenvalue weighted by molar-refractivity contribution is 6.39. The number of morpholine rings is 1. The van der Waals surface area contributed by atoms with Crippen LogP contribution in [0.15, 0.2) is 30.5 Å². The third kappa shape index (κ3) is 4.40. The monoisotopic (exact) mass is 429 g/mol. The Morgan fingerprint density at radius 3 is 2.73 bits per heavy atom. The van der Waals surface area contributed by atoms with Crippen molar-refractivity contribution in [2.75, 3.05) is 44.8 Å². The number of nitrogens with one attached hydrogen (secondary N) is 1. The molecule has 0 saturated carbocycles. The Morgan fingerprint density at radius 2 is 2.00 bits per heavy atom. The minimum Gasteiger partial charge on any atom is -0.492 e. The summed E-state index contributed by atoms with van der Waals surface area (Å²) in [4.78, 5) is 19.4. The fraction of sp³-hybridized carbons (Fsp3) is 0.381. The summed E-state index contributed by atoms with van der Waals surface area (Å²) in [6.07, 6.45) is 1.48. The number of hydrogen-bond donors (Lipinski definition) is 1. The van der Waals surface area contributed by atoms with Gasteiger partial charge in [0.15, 0.2) is 5.65 Å². The van der Waals surface area contributed by atoms with Gasteiger partial charge >= 0.3 is 0 Å². The molecule has 1 saturated heterocycles. The summed E-state index contributed by atoms with van der Waals surface area (Å²) in [7, 11) is 1.79. The summed E-state index contributed by atoms with van der Waals surface area (Å²) in [5, 5.41) is 8.21. The molecule has 4 rings (SSSR count). The predicted octanol–water partition coefficient (Wildman–Crippen LogP) is 2.89. The Labute approximate surface area is 179 Å². The second-order valence-electron chi connectivity index (χ2n) is 7.17. The van der Waals surface area contributed by atoms with Gasteiger partial charge in [0, 0.05) is 38.6 Å². The predicted molar refractivity (Wildman–Crippen MR) is 115 cm³/mol. The van der Waals surface area contributed by atoms with E-state index in [4.69, 9.17) is 21.1 Å². The minimum atomic E-state index is -0.321. The lowest BCUT2D eigenvalue weighted by molar-refractivity contribution is 0.0322. The van der Waals surface area contributed by atoms with E-state index in [1.54, 1.807) is 23.9 Å². The van der Waals surface area contributed by atoms with E-state index in [0.717, 1.165) is 44.3 Å². The van der Waals surface area contributed by atoms with Gasteiger partial charge in [0.1, 0.15) is 12.4 Å². The normalized spacial score (nSPS) is 14.8. The lowest BCUT2D eigenvalue weighted by atomic mass is 10.2. The van der Waals surface area contributed by atoms with Crippen LogP contribution in [-0.2, 0) is 11.8 Å². The smallest absolute Gasteiger partial charge is 0.258 e. The molecule has 9 heteroatoms. The molecular formula is C21H24ClN5O3. The molecule has 1 amide bonds. The number of carbonyl (C=O) groups excluding carboxylic acids is 1. The van der Waals surface area contributed by atoms with Gasteiger partial charge in [-0.25, -0.2) is 4.98 Å². The first-order valence-electron chi connectivity index (χ1n) is 9.85. The van der Waals surface area contributed by atoms with Crippen molar-refractivity contribution in [1.29, 1.82) is 0 Å². The summed E-state index contributed by atoms with van der Waals surface area (Å²) >= 11 is 6.48. The topological polar surface area (TPSA) is 81.5 Å². The average molecular weight is 430 g/mol. The van der Waals surface area contributed by atoms with Crippen LogP contribution in [0.2, 0.25) is 5.02 Å². The Kier molecular flexibility index (Phi) is 6.17. The summed E-state index contributed by atoms with van der Waals surface area (Å²) in [6, 6.07) is 7.28. The molecule has 158 valence electrons. The molecule has 3 heterocycles. The largest absolute Gasteiger partial charge is 0.492 e. The van der Waals surface area contributed by atoms with Crippen LogP contribution in [0.3, 0.4) is 0 Å². The highest BCUT2D eigenvalue weighted by Crippen LogP contribution is 2.28. The van der Waals surface area contributed by atoms with Crippen LogP contribution in [0.4, 0.5) is 5.69 Å². The summed E-state index contributed by atoms with van der Waals surface area (Å²) in [5.41, 5.74) is 2.34. The van der Waals surface area contributed by atoms with E-state index >= 15 is 0 Å². The molecule has 1 aliphatic heterocycles. The summed E-state index contributed by atoms with van der Waals surface area (Å²) in [6.45, 7) is 6.76. The van der Waals surface area contributed by atoms with E-state index in [-0.39, 0.29) is 5.91 Å². The molecule has 1 aromatic carbocycles. The number of rotatable bonds is 6. The fourth-order valence-electron chi connectivity index (χ4n) is 3.48. The summed E-state index contributed by atoms with van der Waals surface area (Å²) in [5.74, 6) is 0.437. The molecule has 2 aromatic heterocycles. The van der Waals surface area contributed by atoms with Crippen molar-refractivity contribution in [3.63, 3.8) is 0 Å². The second kappa shape index (κ2) is 8.99. The molecule has 1 aliphatic rings. The van der Waals surface area contributed by atoms with Gasteiger partial charge in [-0.2, -0.15) is 5.10 Å². The van der Waals surface area contributed by atoms with Crippen molar-refractivity contribution in [3.05, 3.63) is 46.7 Å². The van der Waals surface area contributed by atoms with Crippen LogP contribution in [0.5, 0.6) is 5.75 Å². The SMILES string of the molecule is Cc1nn(C)c2ncc(C(=O)Nc3ccc(OCCN4CCOCC4)cc3)c(Cl)c12. The maximum absolute atomic E-state index is 12.7. The van der Waals surface area contributed by atoms with Crippen molar-refractivity contribution in [1.82, 2.24) is 19.7 Å². The first-order valence-corrected chi connectivity index (χ1v) is 10.2. The minimum absolute atomic E-state index is 0.311.